The maximum Gasteiger partial charge on any atom is 0.134 e. The average Bonchev–Trinajstić information content (AvgIpc) is 2.86. The zero-order chi connectivity index (χ0) is 17.1. The van der Waals surface area contributed by atoms with Crippen molar-refractivity contribution in [3.8, 4) is 6.07 Å². The SMILES string of the molecule is CC(=O)[C@H]1C(C#N)C[C@H]2[C@@H]3CC[C@@H]4C[C@@H](C)CC[C@@H]4[C@H]3CC[C@]12C. The molecule has 0 saturated heterocycles. The number of carbonyl (C=O) groups excluding carboxylic acids is 1. The van der Waals surface area contributed by atoms with E-state index in [1.54, 1.807) is 6.92 Å². The first-order chi connectivity index (χ1) is 11.5. The van der Waals surface area contributed by atoms with Crippen LogP contribution >= 0.6 is 0 Å². The molecule has 4 saturated carbocycles. The van der Waals surface area contributed by atoms with Crippen LogP contribution in [0.25, 0.3) is 0 Å². The molecule has 4 fully saturated rings. The van der Waals surface area contributed by atoms with Gasteiger partial charge in [-0.15, -0.1) is 0 Å². The summed E-state index contributed by atoms with van der Waals surface area (Å²) in [7, 11) is 0. The van der Waals surface area contributed by atoms with E-state index in [-0.39, 0.29) is 23.0 Å². The summed E-state index contributed by atoms with van der Waals surface area (Å²) in [6.45, 7) is 6.52. The zero-order valence-corrected chi connectivity index (χ0v) is 15.6. The third-order valence-electron chi connectivity index (χ3n) is 8.88. The van der Waals surface area contributed by atoms with Gasteiger partial charge in [0, 0.05) is 5.92 Å². The van der Waals surface area contributed by atoms with E-state index >= 15 is 0 Å². The standard InChI is InChI=1S/C22H33NO/c1-13-4-6-17-15(10-13)5-7-19-18(17)8-9-22(3)20(19)11-16(12-23)21(22)14(2)24/h13,15-21H,4-11H2,1-3H3/t13-,15+,16?,17-,18+,19+,20-,21-,22-/m0/s1. The number of carbonyl (C=O) groups is 1. The van der Waals surface area contributed by atoms with Crippen molar-refractivity contribution in [1.29, 1.82) is 5.26 Å². The lowest BCUT2D eigenvalue weighted by Gasteiger charge is -2.56. The van der Waals surface area contributed by atoms with Gasteiger partial charge in [-0.05, 0) is 92.8 Å². The zero-order valence-electron chi connectivity index (χ0n) is 15.6. The van der Waals surface area contributed by atoms with Crippen LogP contribution in [0.3, 0.4) is 0 Å². The van der Waals surface area contributed by atoms with Crippen LogP contribution in [0, 0.1) is 64.1 Å². The van der Waals surface area contributed by atoms with Crippen molar-refractivity contribution >= 4 is 5.78 Å². The molecule has 0 aliphatic heterocycles. The normalized spacial score (nSPS) is 53.4. The summed E-state index contributed by atoms with van der Waals surface area (Å²) < 4.78 is 0. The largest absolute Gasteiger partial charge is 0.300 e. The summed E-state index contributed by atoms with van der Waals surface area (Å²) in [6.07, 6.45) is 10.6. The Hall–Kier alpha value is -0.840. The molecule has 2 nitrogen and oxygen atoms in total. The second-order valence-corrected chi connectivity index (χ2v) is 9.96. The predicted octanol–water partition coefficient (Wildman–Crippen LogP) is 5.23. The fraction of sp³-hybridized carbons (Fsp3) is 0.909. The minimum atomic E-state index is -0.0275. The molecule has 4 rings (SSSR count). The highest BCUT2D eigenvalue weighted by Gasteiger charge is 2.60. The van der Waals surface area contributed by atoms with Gasteiger partial charge in [-0.2, -0.15) is 5.26 Å². The highest BCUT2D eigenvalue weighted by Crippen LogP contribution is 2.65. The van der Waals surface area contributed by atoms with Gasteiger partial charge in [-0.25, -0.2) is 0 Å². The molecule has 132 valence electrons. The number of hydrogen-bond acceptors (Lipinski definition) is 2. The highest BCUT2D eigenvalue weighted by atomic mass is 16.1. The quantitative estimate of drug-likeness (QED) is 0.661. The Morgan fingerprint density at radius 3 is 2.50 bits per heavy atom. The molecular weight excluding hydrogens is 294 g/mol. The molecule has 0 heterocycles. The van der Waals surface area contributed by atoms with Crippen molar-refractivity contribution in [2.45, 2.75) is 72.1 Å². The lowest BCUT2D eigenvalue weighted by molar-refractivity contribution is -0.129. The molecule has 2 heteroatoms. The molecule has 0 amide bonds. The fourth-order valence-electron chi connectivity index (χ4n) is 8.01. The molecule has 4 aliphatic rings. The van der Waals surface area contributed by atoms with Crippen molar-refractivity contribution in [3.05, 3.63) is 0 Å². The maximum atomic E-state index is 12.3. The Balaban J connectivity index is 1.61. The topological polar surface area (TPSA) is 40.9 Å². The van der Waals surface area contributed by atoms with Gasteiger partial charge in [0.2, 0.25) is 0 Å². The van der Waals surface area contributed by atoms with Crippen molar-refractivity contribution in [3.63, 3.8) is 0 Å². The third-order valence-corrected chi connectivity index (χ3v) is 8.88. The van der Waals surface area contributed by atoms with E-state index in [9.17, 15) is 10.1 Å². The van der Waals surface area contributed by atoms with Gasteiger partial charge in [0.15, 0.2) is 0 Å². The Morgan fingerprint density at radius 1 is 1.04 bits per heavy atom. The van der Waals surface area contributed by atoms with Crippen LogP contribution in [0.1, 0.15) is 72.1 Å². The molecule has 0 aromatic heterocycles. The molecule has 0 spiro atoms. The number of hydrogen-bond donors (Lipinski definition) is 0. The van der Waals surface area contributed by atoms with E-state index in [1.165, 1.54) is 44.9 Å². The molecule has 4 aliphatic carbocycles. The van der Waals surface area contributed by atoms with Gasteiger partial charge in [-0.3, -0.25) is 4.79 Å². The Bertz CT molecular complexity index is 563. The van der Waals surface area contributed by atoms with Crippen LogP contribution in [0.2, 0.25) is 0 Å². The minimum absolute atomic E-state index is 0.00227. The predicted molar refractivity (Wildman–Crippen MR) is 94.9 cm³/mol. The molecule has 9 atom stereocenters. The van der Waals surface area contributed by atoms with E-state index in [0.29, 0.717) is 5.92 Å². The lowest BCUT2D eigenvalue weighted by atomic mass is 9.49. The second-order valence-electron chi connectivity index (χ2n) is 9.96. The van der Waals surface area contributed by atoms with Crippen LogP contribution in [-0.4, -0.2) is 5.78 Å². The van der Waals surface area contributed by atoms with E-state index in [0.717, 1.165) is 36.0 Å². The number of Topliss-reactive ketones (excluding diaryl/α,β-unsaturated/α-hetero) is 1. The molecular formula is C22H33NO. The van der Waals surface area contributed by atoms with Gasteiger partial charge in [-0.1, -0.05) is 20.3 Å². The first-order valence-corrected chi connectivity index (χ1v) is 10.4. The molecule has 0 N–H and O–H groups in total. The summed E-state index contributed by atoms with van der Waals surface area (Å²) >= 11 is 0. The van der Waals surface area contributed by atoms with Crippen LogP contribution in [0.15, 0.2) is 0 Å². The Labute approximate surface area is 147 Å². The monoisotopic (exact) mass is 327 g/mol. The summed E-state index contributed by atoms with van der Waals surface area (Å²) in [5.41, 5.74) is 0.0994. The van der Waals surface area contributed by atoms with E-state index < -0.39 is 0 Å². The summed E-state index contributed by atoms with van der Waals surface area (Å²) in [5, 5.41) is 9.66. The van der Waals surface area contributed by atoms with Crippen molar-refractivity contribution in [2.24, 2.45) is 52.8 Å². The first kappa shape index (κ1) is 16.6. The number of fused-ring (bicyclic) bond motifs is 5. The van der Waals surface area contributed by atoms with E-state index in [4.69, 9.17) is 0 Å². The van der Waals surface area contributed by atoms with Crippen LogP contribution in [-0.2, 0) is 4.79 Å². The number of ketones is 1. The van der Waals surface area contributed by atoms with Crippen molar-refractivity contribution < 1.29 is 4.79 Å². The number of nitriles is 1. The van der Waals surface area contributed by atoms with Gasteiger partial charge >= 0.3 is 0 Å². The maximum absolute atomic E-state index is 12.3. The minimum Gasteiger partial charge on any atom is -0.300 e. The molecule has 0 aromatic carbocycles. The van der Waals surface area contributed by atoms with Crippen LogP contribution < -0.4 is 0 Å². The fourth-order valence-corrected chi connectivity index (χ4v) is 8.01. The molecule has 0 aromatic rings. The lowest BCUT2D eigenvalue weighted by Crippen LogP contribution is -2.49. The van der Waals surface area contributed by atoms with Crippen LogP contribution in [0.5, 0.6) is 0 Å². The average molecular weight is 328 g/mol. The Morgan fingerprint density at radius 2 is 1.79 bits per heavy atom. The molecule has 1 unspecified atom stereocenters. The molecule has 0 bridgehead atoms. The molecule has 0 radical (unpaired) electrons. The number of rotatable bonds is 1. The summed E-state index contributed by atoms with van der Waals surface area (Å²) in [4.78, 5) is 12.3. The summed E-state index contributed by atoms with van der Waals surface area (Å²) in [5.74, 6) is 5.38. The third kappa shape index (κ3) is 2.30. The van der Waals surface area contributed by atoms with E-state index in [1.807, 2.05) is 0 Å². The van der Waals surface area contributed by atoms with Crippen LogP contribution in [0.4, 0.5) is 0 Å². The van der Waals surface area contributed by atoms with Gasteiger partial charge in [0.1, 0.15) is 5.78 Å². The Kier molecular flexibility index (Phi) is 4.06. The van der Waals surface area contributed by atoms with Crippen molar-refractivity contribution in [1.82, 2.24) is 0 Å². The summed E-state index contributed by atoms with van der Waals surface area (Å²) in [6, 6.07) is 2.51. The highest BCUT2D eigenvalue weighted by molar-refractivity contribution is 5.80. The van der Waals surface area contributed by atoms with Gasteiger partial charge in [0.05, 0.1) is 12.0 Å². The smallest absolute Gasteiger partial charge is 0.134 e. The number of nitrogens with zero attached hydrogens (tertiary/aromatic N) is 1. The first-order valence-electron chi connectivity index (χ1n) is 10.4. The van der Waals surface area contributed by atoms with Crippen molar-refractivity contribution in [2.75, 3.05) is 0 Å². The van der Waals surface area contributed by atoms with E-state index in [2.05, 4.69) is 19.9 Å². The van der Waals surface area contributed by atoms with Gasteiger partial charge in [0.25, 0.3) is 0 Å². The molecule has 24 heavy (non-hydrogen) atoms. The second kappa shape index (κ2) is 5.86. The van der Waals surface area contributed by atoms with Gasteiger partial charge < -0.3 is 0 Å².